The SMILES string of the molecule is CC/C=C/c1nn(CC(C)C)c(=O)n1Cc1ccc(-c2cccc(-c3nn[nH]n3)c2)cc1. The summed E-state index contributed by atoms with van der Waals surface area (Å²) >= 11 is 0. The van der Waals surface area contributed by atoms with Crippen LogP contribution in [0.25, 0.3) is 28.6 Å². The van der Waals surface area contributed by atoms with Gasteiger partial charge in [0.15, 0.2) is 5.82 Å². The summed E-state index contributed by atoms with van der Waals surface area (Å²) in [6.07, 6.45) is 4.84. The second kappa shape index (κ2) is 9.55. The molecule has 0 aliphatic heterocycles. The molecule has 32 heavy (non-hydrogen) atoms. The first-order chi connectivity index (χ1) is 15.5. The molecule has 0 aliphatic rings. The number of nitrogens with one attached hydrogen (secondary N) is 1. The van der Waals surface area contributed by atoms with Gasteiger partial charge in [-0.05, 0) is 46.4 Å². The molecule has 0 bridgehead atoms. The van der Waals surface area contributed by atoms with Crippen LogP contribution in [0.4, 0.5) is 0 Å². The molecule has 0 atom stereocenters. The maximum absolute atomic E-state index is 12.9. The van der Waals surface area contributed by atoms with Gasteiger partial charge in [0.2, 0.25) is 5.82 Å². The molecule has 2 aromatic heterocycles. The van der Waals surface area contributed by atoms with E-state index in [4.69, 9.17) is 0 Å². The van der Waals surface area contributed by atoms with E-state index in [0.29, 0.717) is 30.7 Å². The van der Waals surface area contributed by atoms with E-state index in [1.807, 2.05) is 36.4 Å². The third kappa shape index (κ3) is 4.74. The van der Waals surface area contributed by atoms with Gasteiger partial charge in [-0.1, -0.05) is 69.3 Å². The summed E-state index contributed by atoms with van der Waals surface area (Å²) in [5, 5.41) is 18.7. The van der Waals surface area contributed by atoms with Crippen LogP contribution in [0.1, 0.15) is 38.6 Å². The first-order valence-electron chi connectivity index (χ1n) is 10.8. The molecule has 8 nitrogen and oxygen atoms in total. The van der Waals surface area contributed by atoms with Gasteiger partial charge in [-0.3, -0.25) is 4.57 Å². The molecule has 0 radical (unpaired) electrons. The summed E-state index contributed by atoms with van der Waals surface area (Å²) in [5.41, 5.74) is 4.00. The van der Waals surface area contributed by atoms with E-state index >= 15 is 0 Å². The van der Waals surface area contributed by atoms with E-state index in [1.54, 1.807) is 9.25 Å². The standard InChI is InChI=1S/C24H27N7O/c1-4-5-9-22-27-31(15-17(2)3)24(32)30(22)16-18-10-12-19(13-11-18)20-7-6-8-21(14-20)23-25-28-29-26-23/h5-14,17H,4,15-16H2,1-3H3,(H,25,26,28,29)/b9-5+. The third-order valence-corrected chi connectivity index (χ3v) is 5.09. The normalized spacial score (nSPS) is 11.6. The Bertz CT molecular complexity index is 1250. The topological polar surface area (TPSA) is 94.3 Å². The van der Waals surface area contributed by atoms with E-state index in [0.717, 1.165) is 28.7 Å². The Morgan fingerprint density at radius 1 is 1.06 bits per heavy atom. The minimum absolute atomic E-state index is 0.0775. The zero-order chi connectivity index (χ0) is 22.5. The summed E-state index contributed by atoms with van der Waals surface area (Å²) < 4.78 is 3.30. The molecule has 0 unspecified atom stereocenters. The van der Waals surface area contributed by atoms with Gasteiger partial charge in [0.25, 0.3) is 0 Å². The van der Waals surface area contributed by atoms with Crippen LogP contribution in [-0.4, -0.2) is 35.0 Å². The lowest BCUT2D eigenvalue weighted by Crippen LogP contribution is -2.27. The maximum atomic E-state index is 12.9. The van der Waals surface area contributed by atoms with E-state index < -0.39 is 0 Å². The summed E-state index contributed by atoms with van der Waals surface area (Å²) in [7, 11) is 0. The van der Waals surface area contributed by atoms with Gasteiger partial charge >= 0.3 is 5.69 Å². The lowest BCUT2D eigenvalue weighted by atomic mass is 10.0. The van der Waals surface area contributed by atoms with Gasteiger partial charge in [-0.2, -0.15) is 10.3 Å². The van der Waals surface area contributed by atoms with Crippen LogP contribution in [0, 0.1) is 5.92 Å². The van der Waals surface area contributed by atoms with Crippen molar-refractivity contribution in [1.29, 1.82) is 0 Å². The monoisotopic (exact) mass is 429 g/mol. The number of benzene rings is 2. The van der Waals surface area contributed by atoms with Crippen molar-refractivity contribution in [3.63, 3.8) is 0 Å². The summed E-state index contributed by atoms with van der Waals surface area (Å²) in [5.74, 6) is 1.60. The van der Waals surface area contributed by atoms with Crippen molar-refractivity contribution in [3.8, 4) is 22.5 Å². The highest BCUT2D eigenvalue weighted by Gasteiger charge is 2.13. The number of allylic oxidation sites excluding steroid dienone is 1. The van der Waals surface area contributed by atoms with E-state index in [2.05, 4.69) is 70.8 Å². The fourth-order valence-electron chi connectivity index (χ4n) is 3.52. The zero-order valence-electron chi connectivity index (χ0n) is 18.6. The van der Waals surface area contributed by atoms with Crippen LogP contribution in [0.5, 0.6) is 0 Å². The van der Waals surface area contributed by atoms with Gasteiger partial charge < -0.3 is 0 Å². The number of nitrogens with zero attached hydrogens (tertiary/aromatic N) is 6. The number of hydrogen-bond donors (Lipinski definition) is 1. The minimum Gasteiger partial charge on any atom is -0.271 e. The van der Waals surface area contributed by atoms with Gasteiger partial charge in [0.1, 0.15) is 0 Å². The first kappa shape index (κ1) is 21.4. The van der Waals surface area contributed by atoms with Gasteiger partial charge in [0.05, 0.1) is 6.54 Å². The van der Waals surface area contributed by atoms with Crippen molar-refractivity contribution in [1.82, 2.24) is 35.0 Å². The molecule has 4 rings (SSSR count). The molecule has 2 heterocycles. The van der Waals surface area contributed by atoms with Crippen molar-refractivity contribution in [2.45, 2.75) is 40.3 Å². The molecule has 0 spiro atoms. The van der Waals surface area contributed by atoms with Gasteiger partial charge in [0, 0.05) is 12.1 Å². The van der Waals surface area contributed by atoms with Crippen LogP contribution in [0.2, 0.25) is 0 Å². The number of aromatic amines is 1. The first-order valence-corrected chi connectivity index (χ1v) is 10.8. The van der Waals surface area contributed by atoms with E-state index in [-0.39, 0.29) is 5.69 Å². The molecule has 0 saturated heterocycles. The average molecular weight is 430 g/mol. The number of rotatable bonds is 8. The fourth-order valence-corrected chi connectivity index (χ4v) is 3.52. The van der Waals surface area contributed by atoms with Crippen molar-refractivity contribution in [2.75, 3.05) is 0 Å². The highest BCUT2D eigenvalue weighted by Crippen LogP contribution is 2.24. The Kier molecular flexibility index (Phi) is 6.39. The Balaban J connectivity index is 1.59. The van der Waals surface area contributed by atoms with Gasteiger partial charge in [-0.15, -0.1) is 10.2 Å². The predicted octanol–water partition coefficient (Wildman–Crippen LogP) is 4.02. The number of tetrazole rings is 1. The highest BCUT2D eigenvalue weighted by atomic mass is 16.2. The van der Waals surface area contributed by atoms with Crippen molar-refractivity contribution in [3.05, 3.63) is 76.5 Å². The molecule has 8 heteroatoms. The second-order valence-electron chi connectivity index (χ2n) is 8.13. The summed E-state index contributed by atoms with van der Waals surface area (Å²) in [6.45, 7) is 7.31. The van der Waals surface area contributed by atoms with Crippen molar-refractivity contribution < 1.29 is 0 Å². The fraction of sp³-hybridized carbons (Fsp3) is 0.292. The van der Waals surface area contributed by atoms with E-state index in [9.17, 15) is 4.79 Å². The Labute approximate surface area is 186 Å². The van der Waals surface area contributed by atoms with Crippen LogP contribution >= 0.6 is 0 Å². The molecule has 4 aromatic rings. The van der Waals surface area contributed by atoms with Crippen LogP contribution in [0.3, 0.4) is 0 Å². The maximum Gasteiger partial charge on any atom is 0.346 e. The van der Waals surface area contributed by atoms with Crippen molar-refractivity contribution >= 4 is 6.08 Å². The smallest absolute Gasteiger partial charge is 0.271 e. The average Bonchev–Trinajstić information content (AvgIpc) is 3.43. The number of H-pyrrole nitrogens is 1. The number of hydrogen-bond acceptors (Lipinski definition) is 5. The lowest BCUT2D eigenvalue weighted by molar-refractivity contribution is 0.466. The molecule has 0 aliphatic carbocycles. The second-order valence-corrected chi connectivity index (χ2v) is 8.13. The van der Waals surface area contributed by atoms with Crippen LogP contribution in [0.15, 0.2) is 59.4 Å². The summed E-state index contributed by atoms with van der Waals surface area (Å²) in [6, 6.07) is 16.2. The largest absolute Gasteiger partial charge is 0.346 e. The Hall–Kier alpha value is -3.81. The molecule has 0 saturated carbocycles. The highest BCUT2D eigenvalue weighted by molar-refractivity contribution is 5.70. The molecule has 0 amide bonds. The minimum atomic E-state index is -0.0775. The summed E-state index contributed by atoms with van der Waals surface area (Å²) in [4.78, 5) is 12.9. The lowest BCUT2D eigenvalue weighted by Gasteiger charge is -2.07. The Morgan fingerprint density at radius 3 is 2.53 bits per heavy atom. The van der Waals surface area contributed by atoms with Crippen LogP contribution < -0.4 is 5.69 Å². The predicted molar refractivity (Wildman–Crippen MR) is 125 cm³/mol. The zero-order valence-corrected chi connectivity index (χ0v) is 18.6. The third-order valence-electron chi connectivity index (χ3n) is 5.09. The molecular formula is C24H27N7O. The molecular weight excluding hydrogens is 402 g/mol. The van der Waals surface area contributed by atoms with E-state index in [1.165, 1.54) is 0 Å². The van der Waals surface area contributed by atoms with Gasteiger partial charge in [-0.25, -0.2) is 9.48 Å². The quantitative estimate of drug-likeness (QED) is 0.456. The van der Waals surface area contributed by atoms with Crippen LogP contribution in [-0.2, 0) is 13.1 Å². The molecule has 1 N–H and O–H groups in total. The molecule has 0 fully saturated rings. The Morgan fingerprint density at radius 2 is 1.84 bits per heavy atom. The molecule has 2 aromatic carbocycles. The molecule has 164 valence electrons. The van der Waals surface area contributed by atoms with Crippen molar-refractivity contribution in [2.24, 2.45) is 5.92 Å². The number of aromatic nitrogens is 7.